The number of nitrogens with zero attached hydrogens (tertiary/aromatic N) is 1. The molecule has 0 saturated heterocycles. The zero-order valence-corrected chi connectivity index (χ0v) is 11.5. The molecule has 0 aliphatic heterocycles. The van der Waals surface area contributed by atoms with Crippen molar-refractivity contribution in [3.05, 3.63) is 0 Å². The van der Waals surface area contributed by atoms with Gasteiger partial charge >= 0.3 is 5.97 Å². The van der Waals surface area contributed by atoms with E-state index in [2.05, 4.69) is 31.0 Å². The smallest absolute Gasteiger partial charge is 0.324 e. The van der Waals surface area contributed by atoms with Crippen LogP contribution in [0.15, 0.2) is 0 Å². The summed E-state index contributed by atoms with van der Waals surface area (Å²) in [5.41, 5.74) is 0. The van der Waals surface area contributed by atoms with Gasteiger partial charge in [-0.2, -0.15) is 0 Å². The number of ether oxygens (including phenoxy) is 1. The predicted molar refractivity (Wildman–Crippen MR) is 68.9 cm³/mol. The quantitative estimate of drug-likeness (QED) is 0.651. The van der Waals surface area contributed by atoms with Gasteiger partial charge in [-0.1, -0.05) is 20.8 Å². The van der Waals surface area contributed by atoms with Crippen molar-refractivity contribution in [1.29, 1.82) is 0 Å². The molecule has 0 amide bonds. The molecular formula is C13H26N2O2. The molecule has 1 aliphatic carbocycles. The molecule has 100 valence electrons. The highest BCUT2D eigenvalue weighted by atomic mass is 16.5. The summed E-state index contributed by atoms with van der Waals surface area (Å²) in [7, 11) is 1.46. The minimum atomic E-state index is -0.175. The van der Waals surface area contributed by atoms with E-state index in [-0.39, 0.29) is 12.0 Å². The normalized spacial score (nSPS) is 17.5. The van der Waals surface area contributed by atoms with Gasteiger partial charge in [0.25, 0.3) is 0 Å². The molecule has 4 heteroatoms. The lowest BCUT2D eigenvalue weighted by molar-refractivity contribution is -0.143. The number of hydrogen-bond acceptors (Lipinski definition) is 4. The van der Waals surface area contributed by atoms with Gasteiger partial charge in [0.15, 0.2) is 0 Å². The standard InChI is InChI=1S/C13H26N2O2/c1-5-15(8-10(2)3)9-12(13(16)17-4)14-11-6-7-11/h10-12,14H,5-9H2,1-4H3. The number of nitrogens with one attached hydrogen (secondary N) is 1. The van der Waals surface area contributed by atoms with Crippen LogP contribution in [0.5, 0.6) is 0 Å². The molecular weight excluding hydrogens is 216 g/mol. The monoisotopic (exact) mass is 242 g/mol. The van der Waals surface area contributed by atoms with Crippen molar-refractivity contribution in [3.8, 4) is 0 Å². The molecule has 1 atom stereocenters. The van der Waals surface area contributed by atoms with E-state index in [1.165, 1.54) is 20.0 Å². The molecule has 1 fully saturated rings. The van der Waals surface area contributed by atoms with Crippen LogP contribution in [0.3, 0.4) is 0 Å². The Morgan fingerprint density at radius 1 is 1.41 bits per heavy atom. The SMILES string of the molecule is CCN(CC(C)C)CC(NC1CC1)C(=O)OC. The summed E-state index contributed by atoms with van der Waals surface area (Å²) in [6, 6.07) is 0.350. The lowest BCUT2D eigenvalue weighted by Crippen LogP contribution is -2.48. The van der Waals surface area contributed by atoms with Crippen molar-refractivity contribution in [2.75, 3.05) is 26.7 Å². The first kappa shape index (κ1) is 14.5. The molecule has 0 aromatic carbocycles. The van der Waals surface area contributed by atoms with Gasteiger partial charge in [-0.25, -0.2) is 0 Å². The molecule has 0 aromatic heterocycles. The summed E-state index contributed by atoms with van der Waals surface area (Å²) in [6.45, 7) is 9.27. The van der Waals surface area contributed by atoms with E-state index >= 15 is 0 Å². The van der Waals surface area contributed by atoms with Crippen molar-refractivity contribution >= 4 is 5.97 Å². The van der Waals surface area contributed by atoms with E-state index in [1.54, 1.807) is 0 Å². The maximum absolute atomic E-state index is 11.7. The highest BCUT2D eigenvalue weighted by Gasteiger charge is 2.30. The first-order valence-electron chi connectivity index (χ1n) is 6.63. The Morgan fingerprint density at radius 3 is 2.47 bits per heavy atom. The molecule has 1 N–H and O–H groups in total. The van der Waals surface area contributed by atoms with Gasteiger partial charge in [0.2, 0.25) is 0 Å². The van der Waals surface area contributed by atoms with Gasteiger partial charge in [0, 0.05) is 19.1 Å². The fourth-order valence-electron chi connectivity index (χ4n) is 1.98. The Morgan fingerprint density at radius 2 is 2.06 bits per heavy atom. The van der Waals surface area contributed by atoms with Crippen LogP contribution in [0.2, 0.25) is 0 Å². The molecule has 1 saturated carbocycles. The molecule has 4 nitrogen and oxygen atoms in total. The van der Waals surface area contributed by atoms with Crippen LogP contribution in [-0.2, 0) is 9.53 Å². The minimum absolute atomic E-state index is 0.140. The number of likely N-dealkylation sites (N-methyl/N-ethyl adjacent to an activating group) is 1. The summed E-state index contributed by atoms with van der Waals surface area (Å²) in [6.07, 6.45) is 2.37. The second-order valence-electron chi connectivity index (χ2n) is 5.26. The molecule has 1 rings (SSSR count). The van der Waals surface area contributed by atoms with Crippen LogP contribution in [0.4, 0.5) is 0 Å². The maximum atomic E-state index is 11.7. The molecule has 0 heterocycles. The number of hydrogen-bond donors (Lipinski definition) is 1. The van der Waals surface area contributed by atoms with Crippen LogP contribution in [-0.4, -0.2) is 49.7 Å². The fourth-order valence-corrected chi connectivity index (χ4v) is 1.98. The van der Waals surface area contributed by atoms with Crippen LogP contribution >= 0.6 is 0 Å². The van der Waals surface area contributed by atoms with Crippen molar-refractivity contribution in [1.82, 2.24) is 10.2 Å². The number of carbonyl (C=O) groups is 1. The Balaban J connectivity index is 2.46. The van der Waals surface area contributed by atoms with Gasteiger partial charge in [-0.3, -0.25) is 4.79 Å². The van der Waals surface area contributed by atoms with E-state index in [4.69, 9.17) is 4.74 Å². The van der Waals surface area contributed by atoms with Gasteiger partial charge < -0.3 is 15.0 Å². The largest absolute Gasteiger partial charge is 0.468 e. The third-order valence-corrected chi connectivity index (χ3v) is 3.01. The number of methoxy groups -OCH3 is 1. The Labute approximate surface area is 105 Å². The summed E-state index contributed by atoms with van der Waals surface area (Å²) >= 11 is 0. The third kappa shape index (κ3) is 5.50. The lowest BCUT2D eigenvalue weighted by atomic mass is 10.2. The minimum Gasteiger partial charge on any atom is -0.468 e. The maximum Gasteiger partial charge on any atom is 0.324 e. The topological polar surface area (TPSA) is 41.6 Å². The van der Waals surface area contributed by atoms with Crippen molar-refractivity contribution in [2.45, 2.75) is 45.7 Å². The van der Waals surface area contributed by atoms with E-state index < -0.39 is 0 Å². The number of rotatable bonds is 8. The van der Waals surface area contributed by atoms with Gasteiger partial charge in [-0.15, -0.1) is 0 Å². The highest BCUT2D eigenvalue weighted by molar-refractivity contribution is 5.76. The van der Waals surface area contributed by atoms with Crippen molar-refractivity contribution in [2.24, 2.45) is 5.92 Å². The Kier molecular flexibility index (Phi) is 5.92. The summed E-state index contributed by atoms with van der Waals surface area (Å²) in [5, 5.41) is 3.36. The zero-order chi connectivity index (χ0) is 12.8. The van der Waals surface area contributed by atoms with E-state index in [9.17, 15) is 4.79 Å². The van der Waals surface area contributed by atoms with Crippen LogP contribution in [0.1, 0.15) is 33.6 Å². The van der Waals surface area contributed by atoms with E-state index in [0.717, 1.165) is 19.6 Å². The fraction of sp³-hybridized carbons (Fsp3) is 0.923. The second-order valence-corrected chi connectivity index (χ2v) is 5.26. The van der Waals surface area contributed by atoms with Gasteiger partial charge in [0.05, 0.1) is 7.11 Å². The van der Waals surface area contributed by atoms with Gasteiger partial charge in [-0.05, 0) is 25.3 Å². The number of esters is 1. The first-order valence-corrected chi connectivity index (χ1v) is 6.63. The van der Waals surface area contributed by atoms with Gasteiger partial charge in [0.1, 0.15) is 6.04 Å². The average Bonchev–Trinajstić information content (AvgIpc) is 3.09. The third-order valence-electron chi connectivity index (χ3n) is 3.01. The molecule has 0 aromatic rings. The average molecular weight is 242 g/mol. The van der Waals surface area contributed by atoms with Crippen LogP contribution in [0.25, 0.3) is 0 Å². The summed E-state index contributed by atoms with van der Waals surface area (Å²) in [5.74, 6) is 0.480. The van der Waals surface area contributed by atoms with E-state index in [0.29, 0.717) is 12.0 Å². The van der Waals surface area contributed by atoms with Crippen molar-refractivity contribution < 1.29 is 9.53 Å². The lowest BCUT2D eigenvalue weighted by Gasteiger charge is -2.27. The van der Waals surface area contributed by atoms with Crippen LogP contribution < -0.4 is 5.32 Å². The first-order chi connectivity index (χ1) is 8.06. The predicted octanol–water partition coefficient (Wildman–Crippen LogP) is 1.26. The highest BCUT2D eigenvalue weighted by Crippen LogP contribution is 2.19. The van der Waals surface area contributed by atoms with Crippen molar-refractivity contribution in [3.63, 3.8) is 0 Å². The molecule has 0 bridgehead atoms. The summed E-state index contributed by atoms with van der Waals surface area (Å²) in [4.78, 5) is 14.0. The Bertz CT molecular complexity index is 240. The van der Waals surface area contributed by atoms with Crippen LogP contribution in [0, 0.1) is 5.92 Å². The second kappa shape index (κ2) is 6.97. The molecule has 17 heavy (non-hydrogen) atoms. The molecule has 1 unspecified atom stereocenters. The Hall–Kier alpha value is -0.610. The number of carbonyl (C=O) groups excluding carboxylic acids is 1. The molecule has 0 radical (unpaired) electrons. The van der Waals surface area contributed by atoms with E-state index in [1.807, 2.05) is 0 Å². The summed E-state index contributed by atoms with van der Waals surface area (Å²) < 4.78 is 4.86. The molecule has 1 aliphatic rings. The molecule has 0 spiro atoms. The zero-order valence-electron chi connectivity index (χ0n) is 11.5.